The lowest BCUT2D eigenvalue weighted by molar-refractivity contribution is 0.0730. The Bertz CT molecular complexity index is 1510. The lowest BCUT2D eigenvalue weighted by Gasteiger charge is -2.26. The number of fused-ring (bicyclic) bond motifs is 1. The minimum Gasteiger partial charge on any atom is -0.379 e. The summed E-state index contributed by atoms with van der Waals surface area (Å²) < 4.78 is 32.9. The number of hydrogen-bond acceptors (Lipinski definition) is 7. The zero-order chi connectivity index (χ0) is 26.9. The van der Waals surface area contributed by atoms with Crippen LogP contribution in [0, 0.1) is 11.3 Å². The number of nitrogens with one attached hydrogen (secondary N) is 1. The normalized spacial score (nSPS) is 16.6. The maximum Gasteiger partial charge on any atom is 0.257 e. The number of hydrogen-bond donors (Lipinski definition) is 1. The number of nitrogens with zero attached hydrogens (tertiary/aromatic N) is 3. The van der Waals surface area contributed by atoms with E-state index in [1.165, 1.54) is 33.3 Å². The monoisotopic (exact) mass is 590 g/mol. The number of amides is 1. The van der Waals surface area contributed by atoms with E-state index in [2.05, 4.69) is 28.4 Å². The van der Waals surface area contributed by atoms with Crippen molar-refractivity contribution >= 4 is 55.5 Å². The Morgan fingerprint density at radius 3 is 2.55 bits per heavy atom. The lowest BCUT2D eigenvalue weighted by atomic mass is 10.0. The third-order valence-electron chi connectivity index (χ3n) is 6.58. The molecule has 1 fully saturated rings. The average Bonchev–Trinajstić information content (AvgIpc) is 3.25. The summed E-state index contributed by atoms with van der Waals surface area (Å²) in [6, 6.07) is 14.9. The van der Waals surface area contributed by atoms with Crippen LogP contribution in [-0.4, -0.2) is 56.4 Å². The fourth-order valence-corrected chi connectivity index (χ4v) is 8.11. The van der Waals surface area contributed by atoms with Gasteiger partial charge in [-0.3, -0.25) is 9.69 Å². The molecular formula is C26H24Cl2N4O4S2. The summed E-state index contributed by atoms with van der Waals surface area (Å²) >= 11 is 13.9. The Labute approximate surface area is 235 Å². The van der Waals surface area contributed by atoms with Gasteiger partial charge in [0.2, 0.25) is 10.0 Å². The van der Waals surface area contributed by atoms with Gasteiger partial charge in [0.15, 0.2) is 0 Å². The van der Waals surface area contributed by atoms with Crippen molar-refractivity contribution < 1.29 is 17.9 Å². The van der Waals surface area contributed by atoms with E-state index < -0.39 is 15.9 Å². The molecule has 0 saturated carbocycles. The zero-order valence-electron chi connectivity index (χ0n) is 20.2. The molecule has 2 aliphatic heterocycles. The minimum atomic E-state index is -3.96. The SMILES string of the molecule is N#Cc1c(NC(=O)c2cc(S(=O)(=O)N3CCOCC3)c(Cl)cc2Cl)sc2c1CCN(Cc1ccccc1)C2. The molecular weight excluding hydrogens is 567 g/mol. The lowest BCUT2D eigenvalue weighted by Crippen LogP contribution is -2.40. The summed E-state index contributed by atoms with van der Waals surface area (Å²) in [4.78, 5) is 16.4. The molecule has 12 heteroatoms. The average molecular weight is 592 g/mol. The van der Waals surface area contributed by atoms with E-state index >= 15 is 0 Å². The molecule has 5 rings (SSSR count). The molecule has 1 N–H and O–H groups in total. The van der Waals surface area contributed by atoms with Crippen molar-refractivity contribution in [1.82, 2.24) is 9.21 Å². The molecule has 1 amide bonds. The number of sulfonamides is 1. The number of anilines is 1. The van der Waals surface area contributed by atoms with Crippen LogP contribution >= 0.6 is 34.5 Å². The molecule has 38 heavy (non-hydrogen) atoms. The summed E-state index contributed by atoms with van der Waals surface area (Å²) in [6.45, 7) is 3.20. The van der Waals surface area contributed by atoms with Gasteiger partial charge in [-0.15, -0.1) is 11.3 Å². The van der Waals surface area contributed by atoms with Gasteiger partial charge in [-0.2, -0.15) is 9.57 Å². The van der Waals surface area contributed by atoms with Crippen LogP contribution in [0.25, 0.3) is 0 Å². The Morgan fingerprint density at radius 1 is 1.11 bits per heavy atom. The molecule has 0 unspecified atom stereocenters. The summed E-state index contributed by atoms with van der Waals surface area (Å²) in [5.74, 6) is -0.610. The van der Waals surface area contributed by atoms with Crippen molar-refractivity contribution in [3.05, 3.63) is 79.6 Å². The Hall–Kier alpha value is -2.49. The van der Waals surface area contributed by atoms with Gasteiger partial charge < -0.3 is 10.1 Å². The Kier molecular flexibility index (Phi) is 8.07. The summed E-state index contributed by atoms with van der Waals surface area (Å²) in [6.07, 6.45) is 0.696. The first-order valence-corrected chi connectivity index (χ1v) is 15.0. The number of carbonyl (C=O) groups excluding carboxylic acids is 1. The molecule has 0 bridgehead atoms. The number of nitriles is 1. The van der Waals surface area contributed by atoms with Crippen molar-refractivity contribution in [2.45, 2.75) is 24.4 Å². The van der Waals surface area contributed by atoms with E-state index in [0.29, 0.717) is 23.5 Å². The number of rotatable bonds is 6. The fraction of sp³-hybridized carbons (Fsp3) is 0.308. The highest BCUT2D eigenvalue weighted by Gasteiger charge is 2.31. The van der Waals surface area contributed by atoms with E-state index in [9.17, 15) is 18.5 Å². The summed E-state index contributed by atoms with van der Waals surface area (Å²) in [7, 11) is -3.96. The van der Waals surface area contributed by atoms with Crippen LogP contribution in [0.4, 0.5) is 5.00 Å². The summed E-state index contributed by atoms with van der Waals surface area (Å²) in [5.41, 5.74) is 2.55. The first-order valence-electron chi connectivity index (χ1n) is 12.0. The largest absolute Gasteiger partial charge is 0.379 e. The van der Waals surface area contributed by atoms with Crippen LogP contribution in [-0.2, 0) is 34.3 Å². The zero-order valence-corrected chi connectivity index (χ0v) is 23.4. The van der Waals surface area contributed by atoms with Crippen LogP contribution in [0.5, 0.6) is 0 Å². The number of halogens is 2. The van der Waals surface area contributed by atoms with Crippen molar-refractivity contribution in [3.8, 4) is 6.07 Å². The van der Waals surface area contributed by atoms with Gasteiger partial charge in [0.25, 0.3) is 5.91 Å². The molecule has 8 nitrogen and oxygen atoms in total. The maximum absolute atomic E-state index is 13.3. The number of morpholine rings is 1. The predicted octanol–water partition coefficient (Wildman–Crippen LogP) is 4.76. The van der Waals surface area contributed by atoms with Gasteiger partial charge in [-0.25, -0.2) is 8.42 Å². The van der Waals surface area contributed by atoms with E-state index in [1.54, 1.807) is 0 Å². The van der Waals surface area contributed by atoms with Crippen molar-refractivity contribution in [3.63, 3.8) is 0 Å². The molecule has 1 aromatic heterocycles. The first kappa shape index (κ1) is 27.1. The van der Waals surface area contributed by atoms with Crippen molar-refractivity contribution in [2.24, 2.45) is 0 Å². The molecule has 3 heterocycles. The van der Waals surface area contributed by atoms with E-state index in [-0.39, 0.29) is 46.8 Å². The summed E-state index contributed by atoms with van der Waals surface area (Å²) in [5, 5.41) is 13.1. The van der Waals surface area contributed by atoms with Crippen LogP contribution in [0.15, 0.2) is 47.4 Å². The van der Waals surface area contributed by atoms with Crippen LogP contribution in [0.1, 0.15) is 31.9 Å². The van der Waals surface area contributed by atoms with Gasteiger partial charge in [-0.05, 0) is 29.7 Å². The Morgan fingerprint density at radius 2 is 1.84 bits per heavy atom. The van der Waals surface area contributed by atoms with Crippen LogP contribution in [0.3, 0.4) is 0 Å². The van der Waals surface area contributed by atoms with E-state index in [0.717, 1.165) is 23.5 Å². The van der Waals surface area contributed by atoms with Gasteiger partial charge in [0.05, 0.1) is 34.4 Å². The second-order valence-electron chi connectivity index (χ2n) is 9.00. The number of thiophene rings is 1. The molecule has 0 atom stereocenters. The fourth-order valence-electron chi connectivity index (χ4n) is 4.64. The Balaban J connectivity index is 1.39. The molecule has 2 aromatic carbocycles. The molecule has 0 radical (unpaired) electrons. The second-order valence-corrected chi connectivity index (χ2v) is 12.8. The van der Waals surface area contributed by atoms with E-state index in [4.69, 9.17) is 27.9 Å². The maximum atomic E-state index is 13.3. The second kappa shape index (κ2) is 11.3. The van der Waals surface area contributed by atoms with Gasteiger partial charge in [0, 0.05) is 37.6 Å². The van der Waals surface area contributed by atoms with Crippen LogP contribution in [0.2, 0.25) is 10.0 Å². The molecule has 1 saturated heterocycles. The van der Waals surface area contributed by atoms with Gasteiger partial charge in [0.1, 0.15) is 16.0 Å². The van der Waals surface area contributed by atoms with E-state index in [1.807, 2.05) is 18.2 Å². The molecule has 0 aliphatic carbocycles. The first-order chi connectivity index (χ1) is 18.3. The number of carbonyl (C=O) groups is 1. The highest BCUT2D eigenvalue weighted by atomic mass is 35.5. The van der Waals surface area contributed by atoms with Gasteiger partial charge in [-0.1, -0.05) is 53.5 Å². The smallest absolute Gasteiger partial charge is 0.257 e. The van der Waals surface area contributed by atoms with Crippen molar-refractivity contribution in [1.29, 1.82) is 5.26 Å². The number of ether oxygens (including phenoxy) is 1. The van der Waals surface area contributed by atoms with Gasteiger partial charge >= 0.3 is 0 Å². The minimum absolute atomic E-state index is 0.0160. The third kappa shape index (κ3) is 5.46. The topological polar surface area (TPSA) is 103 Å². The third-order valence-corrected chi connectivity index (χ3v) is 10.4. The molecule has 3 aromatic rings. The number of benzene rings is 2. The van der Waals surface area contributed by atoms with Crippen LogP contribution < -0.4 is 5.32 Å². The quantitative estimate of drug-likeness (QED) is 0.444. The highest BCUT2D eigenvalue weighted by molar-refractivity contribution is 7.89. The molecule has 0 spiro atoms. The van der Waals surface area contributed by atoms with Crippen molar-refractivity contribution in [2.75, 3.05) is 38.2 Å². The standard InChI is InChI=1S/C26H24Cl2N4O4S2/c27-21-13-22(28)24(38(34,35)32-8-10-36-11-9-32)12-19(21)25(33)30-26-20(14-29)18-6-7-31(16-23(18)37-26)15-17-4-2-1-3-5-17/h1-5,12-13H,6-11,15-16H2,(H,30,33). The predicted molar refractivity (Wildman–Crippen MR) is 147 cm³/mol. The molecule has 2 aliphatic rings. The molecule has 198 valence electrons. The highest BCUT2D eigenvalue weighted by Crippen LogP contribution is 2.38.